The van der Waals surface area contributed by atoms with Crippen molar-refractivity contribution in [3.63, 3.8) is 0 Å². The monoisotopic (exact) mass is 391 g/mol. The third-order valence-electron chi connectivity index (χ3n) is 2.65. The number of rotatable bonds is 3. The third kappa shape index (κ3) is 3.78. The highest BCUT2D eigenvalue weighted by atomic mass is 127. The van der Waals surface area contributed by atoms with E-state index in [2.05, 4.69) is 27.6 Å². The van der Waals surface area contributed by atoms with E-state index in [-0.39, 0.29) is 17.9 Å². The Morgan fingerprint density at radius 3 is 2.25 bits per heavy atom. The summed E-state index contributed by atoms with van der Waals surface area (Å²) < 4.78 is 38.2. The molecule has 1 aromatic heterocycles. The molecule has 2 nitrogen and oxygen atoms in total. The van der Waals surface area contributed by atoms with Crippen molar-refractivity contribution in [3.8, 4) is 0 Å². The number of halogens is 4. The van der Waals surface area contributed by atoms with Gasteiger partial charge in [-0.1, -0.05) is 12.1 Å². The maximum atomic E-state index is 12.4. The molecular weight excluding hydrogens is 382 g/mol. The van der Waals surface area contributed by atoms with Crippen LogP contribution >= 0.6 is 22.6 Å². The fourth-order valence-corrected chi connectivity index (χ4v) is 1.96. The number of Topliss-reactive ketones (excluding diaryl/α,β-unsaturated/α-hetero) is 1. The van der Waals surface area contributed by atoms with Gasteiger partial charge in [0, 0.05) is 16.2 Å². The first-order valence-electron chi connectivity index (χ1n) is 5.67. The summed E-state index contributed by atoms with van der Waals surface area (Å²) in [5.74, 6) is -0.306. The molecule has 0 aliphatic heterocycles. The van der Waals surface area contributed by atoms with Crippen molar-refractivity contribution in [2.75, 3.05) is 0 Å². The zero-order chi connectivity index (χ0) is 14.8. The first-order valence-corrected chi connectivity index (χ1v) is 6.75. The van der Waals surface area contributed by atoms with Gasteiger partial charge in [0.1, 0.15) is 5.69 Å². The van der Waals surface area contributed by atoms with Crippen LogP contribution in [0.25, 0.3) is 0 Å². The van der Waals surface area contributed by atoms with Gasteiger partial charge in [-0.3, -0.25) is 9.78 Å². The van der Waals surface area contributed by atoms with E-state index in [9.17, 15) is 18.0 Å². The van der Waals surface area contributed by atoms with Crippen molar-refractivity contribution in [1.29, 1.82) is 0 Å². The molecule has 2 rings (SSSR count). The molecule has 0 spiro atoms. The van der Waals surface area contributed by atoms with Crippen LogP contribution in [0.15, 0.2) is 42.6 Å². The first-order chi connectivity index (χ1) is 9.36. The quantitative estimate of drug-likeness (QED) is 0.582. The molecular formula is C14H9F3INO. The second kappa shape index (κ2) is 5.90. The van der Waals surface area contributed by atoms with E-state index >= 15 is 0 Å². The van der Waals surface area contributed by atoms with Gasteiger partial charge in [-0.2, -0.15) is 13.2 Å². The lowest BCUT2D eigenvalue weighted by Crippen LogP contribution is -2.09. The Morgan fingerprint density at radius 2 is 1.75 bits per heavy atom. The number of carbonyl (C=O) groups excluding carboxylic acids is 1. The molecule has 0 amide bonds. The lowest BCUT2D eigenvalue weighted by Gasteiger charge is -2.06. The number of aromatic nitrogens is 1. The number of alkyl halides is 3. The SMILES string of the molecule is O=C(Cc1ccc(I)cc1)c1ccc(C(F)(F)F)cn1. The van der Waals surface area contributed by atoms with E-state index in [1.165, 1.54) is 0 Å². The van der Waals surface area contributed by atoms with Crippen LogP contribution < -0.4 is 0 Å². The number of benzene rings is 1. The molecule has 1 heterocycles. The normalized spacial score (nSPS) is 11.4. The van der Waals surface area contributed by atoms with E-state index in [0.717, 1.165) is 21.3 Å². The Balaban J connectivity index is 2.11. The second-order valence-corrected chi connectivity index (χ2v) is 5.40. The molecule has 0 bridgehead atoms. The minimum absolute atomic E-state index is 0.0385. The van der Waals surface area contributed by atoms with Crippen molar-refractivity contribution in [3.05, 3.63) is 63.0 Å². The molecule has 0 saturated carbocycles. The average Bonchev–Trinajstić information content (AvgIpc) is 2.40. The molecule has 2 aromatic rings. The number of nitrogens with zero attached hydrogens (tertiary/aromatic N) is 1. The fourth-order valence-electron chi connectivity index (χ4n) is 1.60. The lowest BCUT2D eigenvalue weighted by atomic mass is 10.1. The van der Waals surface area contributed by atoms with Crippen LogP contribution in [-0.2, 0) is 12.6 Å². The largest absolute Gasteiger partial charge is 0.417 e. The first kappa shape index (κ1) is 15.0. The van der Waals surface area contributed by atoms with Gasteiger partial charge in [0.15, 0.2) is 5.78 Å². The molecule has 104 valence electrons. The van der Waals surface area contributed by atoms with Gasteiger partial charge in [0.25, 0.3) is 0 Å². The second-order valence-electron chi connectivity index (χ2n) is 4.16. The van der Waals surface area contributed by atoms with Gasteiger partial charge in [0.2, 0.25) is 0 Å². The van der Waals surface area contributed by atoms with Crippen LogP contribution in [0.2, 0.25) is 0 Å². The summed E-state index contributed by atoms with van der Waals surface area (Å²) in [6.07, 6.45) is -3.64. The van der Waals surface area contributed by atoms with Crippen molar-refractivity contribution < 1.29 is 18.0 Å². The molecule has 1 aromatic carbocycles. The molecule has 0 saturated heterocycles. The molecule has 0 atom stereocenters. The van der Waals surface area contributed by atoms with Crippen LogP contribution in [-0.4, -0.2) is 10.8 Å². The van der Waals surface area contributed by atoms with E-state index in [1.54, 1.807) is 0 Å². The molecule has 0 fully saturated rings. The minimum atomic E-state index is -4.44. The Labute approximate surface area is 127 Å². The highest BCUT2D eigenvalue weighted by Gasteiger charge is 2.30. The highest BCUT2D eigenvalue weighted by Crippen LogP contribution is 2.28. The number of pyridine rings is 1. The summed E-state index contributed by atoms with van der Waals surface area (Å²) in [6, 6.07) is 9.33. The van der Waals surface area contributed by atoms with Crippen LogP contribution in [0.5, 0.6) is 0 Å². The van der Waals surface area contributed by atoms with Gasteiger partial charge in [-0.15, -0.1) is 0 Å². The fraction of sp³-hybridized carbons (Fsp3) is 0.143. The zero-order valence-electron chi connectivity index (χ0n) is 10.1. The van der Waals surface area contributed by atoms with Crippen molar-refractivity contribution >= 4 is 28.4 Å². The van der Waals surface area contributed by atoms with Crippen LogP contribution in [0.4, 0.5) is 13.2 Å². The van der Waals surface area contributed by atoms with E-state index in [4.69, 9.17) is 0 Å². The zero-order valence-corrected chi connectivity index (χ0v) is 12.3. The van der Waals surface area contributed by atoms with Gasteiger partial charge < -0.3 is 0 Å². The van der Waals surface area contributed by atoms with E-state index < -0.39 is 11.7 Å². The van der Waals surface area contributed by atoms with Gasteiger partial charge in [0.05, 0.1) is 5.56 Å². The van der Waals surface area contributed by atoms with Gasteiger partial charge in [-0.25, -0.2) is 0 Å². The maximum absolute atomic E-state index is 12.4. The number of ketones is 1. The van der Waals surface area contributed by atoms with Gasteiger partial charge in [-0.05, 0) is 52.4 Å². The lowest BCUT2D eigenvalue weighted by molar-refractivity contribution is -0.137. The van der Waals surface area contributed by atoms with Crippen molar-refractivity contribution in [2.24, 2.45) is 0 Å². The van der Waals surface area contributed by atoms with Crippen LogP contribution in [0.1, 0.15) is 21.6 Å². The molecule has 0 unspecified atom stereocenters. The van der Waals surface area contributed by atoms with E-state index in [0.29, 0.717) is 6.20 Å². The third-order valence-corrected chi connectivity index (χ3v) is 3.37. The Bertz CT molecular complexity index is 606. The Hall–Kier alpha value is -1.44. The summed E-state index contributed by atoms with van der Waals surface area (Å²) in [5.41, 5.74) is -0.0167. The van der Waals surface area contributed by atoms with Crippen molar-refractivity contribution in [1.82, 2.24) is 4.98 Å². The molecule has 0 N–H and O–H groups in total. The maximum Gasteiger partial charge on any atom is 0.417 e. The molecule has 0 radical (unpaired) electrons. The highest BCUT2D eigenvalue weighted by molar-refractivity contribution is 14.1. The van der Waals surface area contributed by atoms with Crippen LogP contribution in [0, 0.1) is 3.57 Å². The molecule has 6 heteroatoms. The predicted molar refractivity (Wildman–Crippen MR) is 76.4 cm³/mol. The number of carbonyl (C=O) groups is 1. The standard InChI is InChI=1S/C14H9F3INO/c15-14(16,17)10-3-6-12(19-8-10)13(20)7-9-1-4-11(18)5-2-9/h1-6,8H,7H2. The summed E-state index contributed by atoms with van der Waals surface area (Å²) in [5, 5.41) is 0. The topological polar surface area (TPSA) is 30.0 Å². The summed E-state index contributed by atoms with van der Waals surface area (Å²) in [4.78, 5) is 15.5. The summed E-state index contributed by atoms with van der Waals surface area (Å²) in [6.45, 7) is 0. The van der Waals surface area contributed by atoms with Crippen molar-refractivity contribution in [2.45, 2.75) is 12.6 Å². The predicted octanol–water partition coefficient (Wildman–Crippen LogP) is 4.13. The van der Waals surface area contributed by atoms with E-state index in [1.807, 2.05) is 24.3 Å². The summed E-state index contributed by atoms with van der Waals surface area (Å²) >= 11 is 2.15. The molecule has 20 heavy (non-hydrogen) atoms. The number of hydrogen-bond acceptors (Lipinski definition) is 2. The Kier molecular flexibility index (Phi) is 4.42. The Morgan fingerprint density at radius 1 is 1.10 bits per heavy atom. The van der Waals surface area contributed by atoms with Gasteiger partial charge >= 0.3 is 6.18 Å². The molecule has 0 aliphatic carbocycles. The number of hydrogen-bond donors (Lipinski definition) is 0. The van der Waals surface area contributed by atoms with Crippen LogP contribution in [0.3, 0.4) is 0 Å². The average molecular weight is 391 g/mol. The minimum Gasteiger partial charge on any atom is -0.292 e. The molecule has 0 aliphatic rings. The summed E-state index contributed by atoms with van der Waals surface area (Å²) in [7, 11) is 0. The smallest absolute Gasteiger partial charge is 0.292 e.